The van der Waals surface area contributed by atoms with Gasteiger partial charge in [0.2, 0.25) is 5.82 Å². The SMILES string of the molecule is C=CCn1c(SCc2c(F)cccc2Cl)nnc1-c1ccc(Br)o1. The molecule has 0 aliphatic rings. The Labute approximate surface area is 155 Å². The Kier molecular flexibility index (Phi) is 5.43. The van der Waals surface area contributed by atoms with Gasteiger partial charge in [0.1, 0.15) is 5.82 Å². The van der Waals surface area contributed by atoms with Crippen LogP contribution in [0.3, 0.4) is 0 Å². The summed E-state index contributed by atoms with van der Waals surface area (Å²) in [6.07, 6.45) is 1.74. The monoisotopic (exact) mass is 427 g/mol. The van der Waals surface area contributed by atoms with Crippen molar-refractivity contribution in [2.75, 3.05) is 0 Å². The molecule has 2 aromatic heterocycles. The lowest BCUT2D eigenvalue weighted by Crippen LogP contribution is -2.00. The molecule has 1 aromatic carbocycles. The number of thioether (sulfide) groups is 1. The van der Waals surface area contributed by atoms with Gasteiger partial charge in [0.25, 0.3) is 0 Å². The lowest BCUT2D eigenvalue weighted by Gasteiger charge is -2.08. The molecule has 0 saturated carbocycles. The highest BCUT2D eigenvalue weighted by atomic mass is 79.9. The predicted molar refractivity (Wildman–Crippen MR) is 96.6 cm³/mol. The van der Waals surface area contributed by atoms with E-state index in [0.717, 1.165) is 0 Å². The molecule has 0 unspecified atom stereocenters. The normalized spacial score (nSPS) is 11.0. The Balaban J connectivity index is 1.88. The second kappa shape index (κ2) is 7.55. The number of aromatic nitrogens is 3. The van der Waals surface area contributed by atoms with E-state index in [1.54, 1.807) is 30.3 Å². The number of rotatable bonds is 6. The van der Waals surface area contributed by atoms with Crippen LogP contribution in [0, 0.1) is 5.82 Å². The maximum Gasteiger partial charge on any atom is 0.200 e. The summed E-state index contributed by atoms with van der Waals surface area (Å²) in [7, 11) is 0. The highest BCUT2D eigenvalue weighted by Gasteiger charge is 2.17. The van der Waals surface area contributed by atoms with E-state index in [4.69, 9.17) is 16.0 Å². The molecule has 0 bridgehead atoms. The first-order valence-corrected chi connectivity index (χ1v) is 9.11. The highest BCUT2D eigenvalue weighted by molar-refractivity contribution is 9.10. The number of nitrogens with zero attached hydrogens (tertiary/aromatic N) is 3. The third-order valence-electron chi connectivity index (χ3n) is 3.23. The standard InChI is InChI=1S/C16H12BrClFN3OS/c1-2-8-22-15(13-6-7-14(17)23-13)20-21-16(22)24-9-10-11(18)4-3-5-12(10)19/h2-7H,1,8-9H2. The molecule has 2 heterocycles. The van der Waals surface area contributed by atoms with Crippen molar-refractivity contribution in [3.8, 4) is 11.6 Å². The average Bonchev–Trinajstić information content (AvgIpc) is 3.14. The molecule has 124 valence electrons. The minimum absolute atomic E-state index is 0.333. The Morgan fingerprint density at radius 3 is 2.83 bits per heavy atom. The molecular weight excluding hydrogens is 417 g/mol. The summed E-state index contributed by atoms with van der Waals surface area (Å²) < 4.78 is 21.9. The minimum atomic E-state index is -0.333. The summed E-state index contributed by atoms with van der Waals surface area (Å²) in [4.78, 5) is 0. The third kappa shape index (κ3) is 3.58. The summed E-state index contributed by atoms with van der Waals surface area (Å²) in [6, 6.07) is 8.23. The van der Waals surface area contributed by atoms with E-state index in [1.165, 1.54) is 17.8 Å². The number of hydrogen-bond acceptors (Lipinski definition) is 4. The lowest BCUT2D eigenvalue weighted by molar-refractivity contribution is 0.545. The predicted octanol–water partition coefficient (Wildman–Crippen LogP) is 5.57. The Morgan fingerprint density at radius 2 is 2.17 bits per heavy atom. The molecule has 0 aliphatic carbocycles. The largest absolute Gasteiger partial charge is 0.446 e. The van der Waals surface area contributed by atoms with Crippen LogP contribution >= 0.6 is 39.3 Å². The van der Waals surface area contributed by atoms with Crippen molar-refractivity contribution >= 4 is 39.3 Å². The summed E-state index contributed by atoms with van der Waals surface area (Å²) >= 11 is 10.7. The molecule has 0 amide bonds. The maximum atomic E-state index is 13.9. The zero-order chi connectivity index (χ0) is 17.1. The van der Waals surface area contributed by atoms with Crippen LogP contribution in [0.1, 0.15) is 5.56 Å². The second-order valence-corrected chi connectivity index (χ2v) is 6.93. The van der Waals surface area contributed by atoms with Crippen molar-refractivity contribution in [3.05, 3.63) is 64.1 Å². The number of furan rings is 1. The summed E-state index contributed by atoms with van der Waals surface area (Å²) in [5, 5.41) is 9.39. The van der Waals surface area contributed by atoms with E-state index in [9.17, 15) is 4.39 Å². The molecule has 0 saturated heterocycles. The van der Waals surface area contributed by atoms with Crippen molar-refractivity contribution in [1.29, 1.82) is 0 Å². The first-order chi connectivity index (χ1) is 11.6. The Hall–Kier alpha value is -1.57. The molecule has 3 rings (SSSR count). The fourth-order valence-electron chi connectivity index (χ4n) is 2.11. The fraction of sp³-hybridized carbons (Fsp3) is 0.125. The molecule has 3 aromatic rings. The zero-order valence-corrected chi connectivity index (χ0v) is 15.5. The van der Waals surface area contributed by atoms with Crippen LogP contribution in [0.15, 0.2) is 57.2 Å². The van der Waals surface area contributed by atoms with E-state index in [2.05, 4.69) is 32.7 Å². The van der Waals surface area contributed by atoms with Gasteiger partial charge in [-0.25, -0.2) is 4.39 Å². The molecule has 0 radical (unpaired) electrons. The van der Waals surface area contributed by atoms with E-state index >= 15 is 0 Å². The van der Waals surface area contributed by atoms with Gasteiger partial charge in [0.05, 0.1) is 0 Å². The summed E-state index contributed by atoms with van der Waals surface area (Å²) in [5.41, 5.74) is 0.444. The fourth-order valence-corrected chi connectivity index (χ4v) is 3.71. The molecule has 8 heteroatoms. The Morgan fingerprint density at radius 1 is 1.33 bits per heavy atom. The second-order valence-electron chi connectivity index (χ2n) is 4.80. The summed E-state index contributed by atoms with van der Waals surface area (Å²) in [6.45, 7) is 4.26. The number of benzene rings is 1. The van der Waals surface area contributed by atoms with E-state index < -0.39 is 0 Å². The van der Waals surface area contributed by atoms with Gasteiger partial charge in [-0.15, -0.1) is 16.8 Å². The molecule has 0 fully saturated rings. The van der Waals surface area contributed by atoms with Crippen molar-refractivity contribution in [2.45, 2.75) is 17.5 Å². The topological polar surface area (TPSA) is 43.9 Å². The molecule has 0 atom stereocenters. The zero-order valence-electron chi connectivity index (χ0n) is 12.4. The first-order valence-electron chi connectivity index (χ1n) is 6.95. The van der Waals surface area contributed by atoms with Crippen LogP contribution < -0.4 is 0 Å². The quantitative estimate of drug-likeness (QED) is 0.380. The number of allylic oxidation sites excluding steroid dienone is 1. The van der Waals surface area contributed by atoms with Gasteiger partial charge in [-0.05, 0) is 40.2 Å². The van der Waals surface area contributed by atoms with Crippen LogP contribution in [-0.2, 0) is 12.3 Å². The number of halogens is 3. The Bertz CT molecular complexity index is 860. The van der Waals surface area contributed by atoms with Gasteiger partial charge in [0, 0.05) is 22.9 Å². The van der Waals surface area contributed by atoms with Gasteiger partial charge in [0.15, 0.2) is 15.6 Å². The van der Waals surface area contributed by atoms with Gasteiger partial charge >= 0.3 is 0 Å². The molecule has 24 heavy (non-hydrogen) atoms. The van der Waals surface area contributed by atoms with Crippen LogP contribution in [0.2, 0.25) is 5.02 Å². The molecule has 0 spiro atoms. The average molecular weight is 429 g/mol. The van der Waals surface area contributed by atoms with Crippen LogP contribution in [0.4, 0.5) is 4.39 Å². The van der Waals surface area contributed by atoms with Crippen LogP contribution in [0.25, 0.3) is 11.6 Å². The van der Waals surface area contributed by atoms with Crippen molar-refractivity contribution in [1.82, 2.24) is 14.8 Å². The van der Waals surface area contributed by atoms with Gasteiger partial charge in [-0.3, -0.25) is 4.57 Å². The van der Waals surface area contributed by atoms with Gasteiger partial charge in [-0.1, -0.05) is 35.5 Å². The minimum Gasteiger partial charge on any atom is -0.446 e. The van der Waals surface area contributed by atoms with E-state index in [1.807, 2.05) is 4.57 Å². The smallest absolute Gasteiger partial charge is 0.200 e. The van der Waals surface area contributed by atoms with Gasteiger partial charge < -0.3 is 4.42 Å². The molecule has 4 nitrogen and oxygen atoms in total. The van der Waals surface area contributed by atoms with Crippen molar-refractivity contribution in [3.63, 3.8) is 0 Å². The van der Waals surface area contributed by atoms with Crippen molar-refractivity contribution < 1.29 is 8.81 Å². The van der Waals surface area contributed by atoms with Crippen LogP contribution in [0.5, 0.6) is 0 Å². The highest BCUT2D eigenvalue weighted by Crippen LogP contribution is 2.31. The molecular formula is C16H12BrClFN3OS. The molecule has 0 N–H and O–H groups in total. The third-order valence-corrected chi connectivity index (χ3v) is 5.00. The van der Waals surface area contributed by atoms with E-state index in [0.29, 0.717) is 44.3 Å². The van der Waals surface area contributed by atoms with E-state index in [-0.39, 0.29) is 5.82 Å². The van der Waals surface area contributed by atoms with Crippen molar-refractivity contribution in [2.24, 2.45) is 0 Å². The van der Waals surface area contributed by atoms with Crippen LogP contribution in [-0.4, -0.2) is 14.8 Å². The molecule has 0 aliphatic heterocycles. The maximum absolute atomic E-state index is 13.9. The number of hydrogen-bond donors (Lipinski definition) is 0. The first kappa shape index (κ1) is 17.3. The van der Waals surface area contributed by atoms with Gasteiger partial charge in [-0.2, -0.15) is 0 Å². The summed E-state index contributed by atoms with van der Waals surface area (Å²) in [5.74, 6) is 1.19. The lowest BCUT2D eigenvalue weighted by atomic mass is 10.2.